The smallest absolute Gasteiger partial charge is 0.550 e. The average Bonchev–Trinajstić information content (AvgIpc) is 1.82. The van der Waals surface area contributed by atoms with Crippen molar-refractivity contribution < 1.29 is 75.0 Å². The molecule has 6 aromatic carbocycles. The number of nitrogens with zero attached hydrogens (tertiary/aromatic N) is 2. The Morgan fingerprint density at radius 3 is 1.01 bits per heavy atom. The number of para-hydroxylation sites is 2. The first kappa shape index (κ1) is 72.9. The number of carbonyl (C=O) groups is 4. The van der Waals surface area contributed by atoms with Crippen molar-refractivity contribution in [1.29, 1.82) is 0 Å². The summed E-state index contributed by atoms with van der Waals surface area (Å²) in [6.07, 6.45) is -5.54. The molecule has 2 aromatic heterocycles. The summed E-state index contributed by atoms with van der Waals surface area (Å²) < 4.78 is 32.0. The third-order valence-corrected chi connectivity index (χ3v) is 13.8. The Morgan fingerprint density at radius 1 is 0.442 bits per heavy atom. The SMILES string of the molecule is CC(C)c1c(C(=O)Nc2ccccc2)c(-c2ccccc2)c(-c2ccc(F)cc2)n1CCC(O)CC(O)CC(=O)[O-].CC(C)c1c(C(=O)Nc2ccccc2)c(-c2ccccc2)c(-c2ccc(F)cc2)n1CCC(O)CC(O)CC(=O)[O-].O.O.O.[Ca+2]. The van der Waals surface area contributed by atoms with Gasteiger partial charge in [-0.25, -0.2) is 8.78 Å². The van der Waals surface area contributed by atoms with Crippen molar-refractivity contribution >= 4 is 72.9 Å². The number of benzene rings is 6. The van der Waals surface area contributed by atoms with Gasteiger partial charge >= 0.3 is 37.7 Å². The van der Waals surface area contributed by atoms with E-state index in [-0.39, 0.29) is 117 Å². The molecule has 0 saturated carbocycles. The molecule has 12 N–H and O–H groups in total. The summed E-state index contributed by atoms with van der Waals surface area (Å²) in [5.74, 6) is -4.41. The number of rotatable bonds is 24. The molecule has 17 nitrogen and oxygen atoms in total. The third-order valence-electron chi connectivity index (χ3n) is 13.8. The van der Waals surface area contributed by atoms with Crippen LogP contribution in [-0.4, -0.2) is 132 Å². The number of carboxylic acid groups (broad SMARTS) is 2. The molecular weight excluding hydrogens is 1130 g/mol. The molecule has 0 saturated heterocycles. The zero-order chi connectivity index (χ0) is 59.0. The van der Waals surface area contributed by atoms with Crippen molar-refractivity contribution in [2.24, 2.45) is 0 Å². The summed E-state index contributed by atoms with van der Waals surface area (Å²) in [6.45, 7) is 8.45. The maximum atomic E-state index is 14.0. The van der Waals surface area contributed by atoms with Crippen LogP contribution in [-0.2, 0) is 22.7 Å². The van der Waals surface area contributed by atoms with Crippen LogP contribution in [0.4, 0.5) is 20.2 Å². The van der Waals surface area contributed by atoms with Crippen LogP contribution >= 0.6 is 0 Å². The molecule has 0 aliphatic rings. The van der Waals surface area contributed by atoms with Gasteiger partial charge in [0.2, 0.25) is 0 Å². The van der Waals surface area contributed by atoms with Crippen molar-refractivity contribution in [3.05, 3.63) is 204 Å². The Balaban J connectivity index is 0.000000430. The van der Waals surface area contributed by atoms with Crippen molar-refractivity contribution in [2.75, 3.05) is 10.6 Å². The number of aliphatic carboxylic acids is 2. The number of hydrogen-bond donors (Lipinski definition) is 6. The van der Waals surface area contributed by atoms with E-state index < -0.39 is 60.8 Å². The quantitative estimate of drug-likeness (QED) is 0.0333. The van der Waals surface area contributed by atoms with Crippen molar-refractivity contribution in [2.45, 2.75) is 116 Å². The molecule has 0 aliphatic heterocycles. The molecule has 4 unspecified atom stereocenters. The zero-order valence-electron chi connectivity index (χ0n) is 48.4. The molecule has 8 aromatic rings. The molecule has 0 spiro atoms. The molecule has 4 atom stereocenters. The Labute approximate surface area is 528 Å². The predicted molar refractivity (Wildman–Crippen MR) is 326 cm³/mol. The van der Waals surface area contributed by atoms with Gasteiger partial charge in [0.25, 0.3) is 11.8 Å². The van der Waals surface area contributed by atoms with Gasteiger partial charge in [0, 0.05) is 71.8 Å². The fourth-order valence-corrected chi connectivity index (χ4v) is 10.4. The molecule has 2 amide bonds. The van der Waals surface area contributed by atoms with Crippen molar-refractivity contribution in [3.8, 4) is 44.8 Å². The Bertz CT molecular complexity index is 3180. The predicted octanol–water partition coefficient (Wildman–Crippen LogP) is 7.10. The average molecular weight is 1210 g/mol. The number of halogens is 2. The van der Waals surface area contributed by atoms with Crippen LogP contribution in [0.5, 0.6) is 0 Å². The van der Waals surface area contributed by atoms with E-state index in [2.05, 4.69) is 10.6 Å². The Morgan fingerprint density at radius 2 is 0.733 bits per heavy atom. The van der Waals surface area contributed by atoms with E-state index in [4.69, 9.17) is 0 Å². The van der Waals surface area contributed by atoms with E-state index in [0.717, 1.165) is 22.5 Å². The van der Waals surface area contributed by atoms with Gasteiger partial charge < -0.3 is 76.4 Å². The van der Waals surface area contributed by atoms with Crippen LogP contribution in [0.2, 0.25) is 0 Å². The van der Waals surface area contributed by atoms with E-state index >= 15 is 0 Å². The van der Waals surface area contributed by atoms with Gasteiger partial charge in [0.05, 0.1) is 46.9 Å². The van der Waals surface area contributed by atoms with Crippen LogP contribution in [0.15, 0.2) is 170 Å². The summed E-state index contributed by atoms with van der Waals surface area (Å²) in [4.78, 5) is 49.8. The number of anilines is 2. The van der Waals surface area contributed by atoms with Gasteiger partial charge in [0.1, 0.15) is 11.6 Å². The zero-order valence-corrected chi connectivity index (χ0v) is 50.6. The van der Waals surface area contributed by atoms with Gasteiger partial charge in [-0.2, -0.15) is 0 Å². The number of aliphatic hydroxyl groups excluding tert-OH is 4. The van der Waals surface area contributed by atoms with Gasteiger partial charge in [-0.1, -0.05) is 125 Å². The van der Waals surface area contributed by atoms with Gasteiger partial charge in [-0.15, -0.1) is 0 Å². The fourth-order valence-electron chi connectivity index (χ4n) is 10.4. The van der Waals surface area contributed by atoms with Crippen LogP contribution < -0.4 is 20.8 Å². The molecule has 2 heterocycles. The standard InChI is InChI=1S/2C33H35FN2O5.Ca.3H2O/c2*1-21(2)31-30(33(41)35-25-11-7-4-8-12-25)29(22-9-5-3-6-10-22)32(23-13-15-24(34)16-14-23)36(31)18-17-26(37)19-27(38)20-28(39)40;;;;/h2*3-16,21,26-27,37-38H,17-20H2,1-2H3,(H,35,41)(H,39,40);;3*1H2/q;;+2;;;/p-2. The number of hydrogen-bond acceptors (Lipinski definition) is 10. The van der Waals surface area contributed by atoms with Crippen LogP contribution in [0.3, 0.4) is 0 Å². The Hall–Kier alpha value is -7.40. The second kappa shape index (κ2) is 34.7. The first-order chi connectivity index (χ1) is 39.3. The first-order valence-electron chi connectivity index (χ1n) is 27.3. The molecular formula is C66H74CaF2N4O13. The summed E-state index contributed by atoms with van der Waals surface area (Å²) in [6, 6.07) is 49.4. The topological polar surface area (TPSA) is 324 Å². The first-order valence-corrected chi connectivity index (χ1v) is 27.3. The number of carboxylic acids is 2. The molecule has 0 aliphatic carbocycles. The second-order valence-corrected chi connectivity index (χ2v) is 20.8. The molecule has 452 valence electrons. The summed E-state index contributed by atoms with van der Waals surface area (Å²) in [5, 5.41) is 69.2. The number of carbonyl (C=O) groups excluding carboxylic acids is 4. The van der Waals surface area contributed by atoms with Crippen LogP contribution in [0, 0.1) is 11.6 Å². The van der Waals surface area contributed by atoms with Crippen molar-refractivity contribution in [3.63, 3.8) is 0 Å². The van der Waals surface area contributed by atoms with Crippen LogP contribution in [0.1, 0.15) is 110 Å². The number of nitrogens with one attached hydrogen (secondary N) is 2. The van der Waals surface area contributed by atoms with Gasteiger partial charge in [-0.05, 0) is 133 Å². The number of aliphatic hydroxyl groups is 4. The number of amides is 2. The van der Waals surface area contributed by atoms with Crippen molar-refractivity contribution in [1.82, 2.24) is 9.13 Å². The Kier molecular flexibility index (Phi) is 29.4. The molecule has 0 fully saturated rings. The molecule has 86 heavy (non-hydrogen) atoms. The normalized spacial score (nSPS) is 12.1. The molecule has 8 rings (SSSR count). The fraction of sp³-hybridized carbons (Fsp3) is 0.273. The second-order valence-electron chi connectivity index (χ2n) is 20.8. The van der Waals surface area contributed by atoms with Gasteiger partial charge in [0.15, 0.2) is 0 Å². The minimum atomic E-state index is -1.39. The monoisotopic (exact) mass is 1210 g/mol. The summed E-state index contributed by atoms with van der Waals surface area (Å²) in [7, 11) is 0. The van der Waals surface area contributed by atoms with Gasteiger partial charge in [-0.3, -0.25) is 9.59 Å². The number of aromatic nitrogens is 2. The summed E-state index contributed by atoms with van der Waals surface area (Å²) in [5.41, 5.74) is 9.43. The molecule has 20 heteroatoms. The van der Waals surface area contributed by atoms with Crippen LogP contribution in [0.25, 0.3) is 44.8 Å². The van der Waals surface area contributed by atoms with E-state index in [9.17, 15) is 58.6 Å². The van der Waals surface area contributed by atoms with E-state index in [0.29, 0.717) is 56.1 Å². The minimum absolute atomic E-state index is 0. The molecule has 0 radical (unpaired) electrons. The maximum absolute atomic E-state index is 14.0. The largest absolute Gasteiger partial charge is 2.00 e. The minimum Gasteiger partial charge on any atom is -0.550 e. The van der Waals surface area contributed by atoms with E-state index in [1.54, 1.807) is 48.5 Å². The third kappa shape index (κ3) is 19.3. The maximum Gasteiger partial charge on any atom is 2.00 e. The van der Waals surface area contributed by atoms with E-state index in [1.807, 2.05) is 134 Å². The summed E-state index contributed by atoms with van der Waals surface area (Å²) >= 11 is 0. The van der Waals surface area contributed by atoms with E-state index in [1.165, 1.54) is 24.3 Å². The molecule has 0 bridgehead atoms.